The van der Waals surface area contributed by atoms with Gasteiger partial charge in [-0.3, -0.25) is 0 Å². The van der Waals surface area contributed by atoms with Crippen LogP contribution < -0.4 is 0 Å². The van der Waals surface area contributed by atoms with Crippen molar-refractivity contribution in [1.82, 2.24) is 0 Å². The molecule has 0 aromatic heterocycles. The molecule has 0 aliphatic heterocycles. The quantitative estimate of drug-likeness (QED) is 0.392. The van der Waals surface area contributed by atoms with Crippen LogP contribution in [0.3, 0.4) is 0 Å². The maximum absolute atomic E-state index is 4.93. The third kappa shape index (κ3) is 4.53. The van der Waals surface area contributed by atoms with Crippen LogP contribution in [0.15, 0.2) is 48.5 Å². The Balaban J connectivity index is 0.000000595. The summed E-state index contributed by atoms with van der Waals surface area (Å²) in [4.78, 5) is 0. The second-order valence-corrected chi connectivity index (χ2v) is 9.49. The number of halogens is 2. The van der Waals surface area contributed by atoms with Crippen LogP contribution in [0.5, 0.6) is 0 Å². The third-order valence-corrected chi connectivity index (χ3v) is 4.11. The van der Waals surface area contributed by atoms with Crippen LogP contribution in [0, 0.1) is 13.8 Å². The van der Waals surface area contributed by atoms with Gasteiger partial charge >= 0.3 is 37.9 Å². The van der Waals surface area contributed by atoms with E-state index >= 15 is 0 Å². The molecule has 23 heavy (non-hydrogen) atoms. The second kappa shape index (κ2) is 9.12. The molecule has 3 heteroatoms. The summed E-state index contributed by atoms with van der Waals surface area (Å²) in [7, 11) is 9.87. The molecular formula is C20H21Cl2Zr-. The molecular weight excluding hydrogens is 402 g/mol. The molecule has 0 fully saturated rings. The molecule has 0 spiro atoms. The van der Waals surface area contributed by atoms with Crippen LogP contribution >= 0.6 is 17.0 Å². The number of rotatable bonds is 3. The topological polar surface area (TPSA) is 0 Å². The molecule has 0 heterocycles. The zero-order valence-corrected chi connectivity index (χ0v) is 17.8. The van der Waals surface area contributed by atoms with Gasteiger partial charge in [0.1, 0.15) is 0 Å². The van der Waals surface area contributed by atoms with Gasteiger partial charge in [-0.25, -0.2) is 0 Å². The molecule has 0 saturated carbocycles. The van der Waals surface area contributed by atoms with E-state index < -0.39 is 20.8 Å². The Morgan fingerprint density at radius 2 is 1.70 bits per heavy atom. The average Bonchev–Trinajstić information content (AvgIpc) is 2.92. The van der Waals surface area contributed by atoms with Crippen molar-refractivity contribution in [3.8, 4) is 11.1 Å². The van der Waals surface area contributed by atoms with Gasteiger partial charge in [-0.1, -0.05) is 48.7 Å². The molecule has 0 unspecified atom stereocenters. The van der Waals surface area contributed by atoms with E-state index in [1.165, 1.54) is 51.4 Å². The Kier molecular flexibility index (Phi) is 7.47. The molecule has 0 aliphatic rings. The Hall–Kier alpha value is -0.487. The number of benzene rings is 2. The third-order valence-electron chi connectivity index (χ3n) is 4.11. The minimum absolute atomic E-state index is 0.826. The molecule has 0 aliphatic carbocycles. The molecule has 3 aromatic carbocycles. The van der Waals surface area contributed by atoms with Crippen LogP contribution in [0.1, 0.15) is 30.0 Å². The van der Waals surface area contributed by atoms with E-state index in [1.54, 1.807) is 0 Å². The number of aryl methyl sites for hydroxylation is 3. The van der Waals surface area contributed by atoms with Gasteiger partial charge in [0.2, 0.25) is 0 Å². The molecule has 120 valence electrons. The van der Waals surface area contributed by atoms with Crippen LogP contribution in [-0.4, -0.2) is 0 Å². The zero-order chi connectivity index (χ0) is 16.8. The van der Waals surface area contributed by atoms with E-state index in [0.29, 0.717) is 0 Å². The summed E-state index contributed by atoms with van der Waals surface area (Å²) in [5.74, 6) is 0. The monoisotopic (exact) mass is 421 g/mol. The van der Waals surface area contributed by atoms with E-state index in [9.17, 15) is 0 Å². The van der Waals surface area contributed by atoms with Gasteiger partial charge in [0.05, 0.1) is 0 Å². The van der Waals surface area contributed by atoms with Crippen LogP contribution in [0.25, 0.3) is 21.9 Å². The predicted octanol–water partition coefficient (Wildman–Crippen LogP) is 7.17. The average molecular weight is 424 g/mol. The molecule has 3 aromatic rings. The summed E-state index contributed by atoms with van der Waals surface area (Å²) in [6.07, 6.45) is 2.37. The summed E-state index contributed by atoms with van der Waals surface area (Å²) in [5, 5.41) is 2.78. The van der Waals surface area contributed by atoms with Gasteiger partial charge < -0.3 is 0 Å². The first-order valence-electron chi connectivity index (χ1n) is 7.83. The van der Waals surface area contributed by atoms with Crippen molar-refractivity contribution in [3.63, 3.8) is 0 Å². The SMILES string of the molecule is CCCc1cc2c(-c3ccccc3C)c(C)ccc2[cH-]1.[Cl][Zr][Cl]. The van der Waals surface area contributed by atoms with Crippen LogP contribution in [0.2, 0.25) is 0 Å². The van der Waals surface area contributed by atoms with Gasteiger partial charge in [-0.2, -0.15) is 6.07 Å². The Morgan fingerprint density at radius 3 is 2.35 bits per heavy atom. The van der Waals surface area contributed by atoms with Gasteiger partial charge in [0, 0.05) is 0 Å². The summed E-state index contributed by atoms with van der Waals surface area (Å²) >= 11 is -0.826. The summed E-state index contributed by atoms with van der Waals surface area (Å²) in [5.41, 5.74) is 6.94. The Bertz CT molecular complexity index is 774. The van der Waals surface area contributed by atoms with E-state index in [4.69, 9.17) is 17.0 Å². The molecule has 0 saturated heterocycles. The predicted molar refractivity (Wildman–Crippen MR) is 100 cm³/mol. The number of fused-ring (bicyclic) bond motifs is 1. The van der Waals surface area contributed by atoms with Crippen molar-refractivity contribution >= 4 is 27.8 Å². The van der Waals surface area contributed by atoms with E-state index in [2.05, 4.69) is 69.3 Å². The maximum atomic E-state index is 4.93. The van der Waals surface area contributed by atoms with Crippen LogP contribution in [0.4, 0.5) is 0 Å². The Morgan fingerprint density at radius 1 is 1.00 bits per heavy atom. The Labute approximate surface area is 157 Å². The molecule has 0 atom stereocenters. The molecule has 0 amide bonds. The number of hydrogen-bond acceptors (Lipinski definition) is 0. The first-order valence-corrected chi connectivity index (χ1v) is 14.2. The van der Waals surface area contributed by atoms with Gasteiger partial charge in [0.15, 0.2) is 0 Å². The van der Waals surface area contributed by atoms with E-state index in [1.807, 2.05) is 0 Å². The molecule has 3 rings (SSSR count). The zero-order valence-electron chi connectivity index (χ0n) is 13.8. The molecule has 0 N–H and O–H groups in total. The van der Waals surface area contributed by atoms with Gasteiger partial charge in [-0.05, 0) is 31.4 Å². The van der Waals surface area contributed by atoms with Crippen molar-refractivity contribution in [2.75, 3.05) is 0 Å². The summed E-state index contributed by atoms with van der Waals surface area (Å²) < 4.78 is 0. The van der Waals surface area contributed by atoms with Crippen molar-refractivity contribution in [3.05, 3.63) is 65.2 Å². The second-order valence-electron chi connectivity index (χ2n) is 5.76. The fourth-order valence-corrected chi connectivity index (χ4v) is 3.10. The van der Waals surface area contributed by atoms with Crippen molar-refractivity contribution in [1.29, 1.82) is 0 Å². The van der Waals surface area contributed by atoms with E-state index in [-0.39, 0.29) is 0 Å². The normalized spacial score (nSPS) is 10.3. The summed E-state index contributed by atoms with van der Waals surface area (Å²) in [6, 6.07) is 17.9. The van der Waals surface area contributed by atoms with Crippen molar-refractivity contribution in [2.45, 2.75) is 33.6 Å². The molecule has 0 nitrogen and oxygen atoms in total. The van der Waals surface area contributed by atoms with Gasteiger partial charge in [0.25, 0.3) is 0 Å². The first-order chi connectivity index (χ1) is 11.1. The van der Waals surface area contributed by atoms with Crippen molar-refractivity contribution in [2.24, 2.45) is 0 Å². The van der Waals surface area contributed by atoms with Crippen molar-refractivity contribution < 1.29 is 20.8 Å². The van der Waals surface area contributed by atoms with E-state index in [0.717, 1.165) is 0 Å². The molecule has 0 radical (unpaired) electrons. The van der Waals surface area contributed by atoms with Gasteiger partial charge in [-0.15, -0.1) is 34.5 Å². The molecule has 0 bridgehead atoms. The number of hydrogen-bond donors (Lipinski definition) is 0. The standard InChI is InChI=1S/C20H21.2ClH.Zr/c1-4-7-16-12-17-11-10-15(3)20(19(17)13-16)18-9-6-5-8-14(18)2;;;/h5-6,8-13H,4,7H2,1-3H3;2*1H;/q-1;;;+2/p-2. The summed E-state index contributed by atoms with van der Waals surface area (Å²) in [6.45, 7) is 6.66. The first kappa shape index (κ1) is 18.8. The van der Waals surface area contributed by atoms with Crippen LogP contribution in [-0.2, 0) is 27.3 Å². The fraction of sp³-hybridized carbons (Fsp3) is 0.250. The fourth-order valence-electron chi connectivity index (χ4n) is 3.10. The minimum atomic E-state index is -0.826.